The minimum absolute atomic E-state index is 0.229. The molecule has 2 aromatic rings. The first-order valence-electron chi connectivity index (χ1n) is 6.93. The summed E-state index contributed by atoms with van der Waals surface area (Å²) in [6, 6.07) is 12.4. The summed E-state index contributed by atoms with van der Waals surface area (Å²) in [6.07, 6.45) is 1.09. The van der Waals surface area contributed by atoms with E-state index in [0.29, 0.717) is 19.9 Å². The zero-order valence-corrected chi connectivity index (χ0v) is 15.4. The summed E-state index contributed by atoms with van der Waals surface area (Å²) in [6.45, 7) is 0.229. The molecule has 3 nitrogen and oxygen atoms in total. The fraction of sp³-hybridized carbons (Fsp3) is 0.0588. The number of nitrogens with zero attached hydrogens (tertiary/aromatic N) is 1. The predicted octanol–water partition coefficient (Wildman–Crippen LogP) is 5.00. The van der Waals surface area contributed by atoms with Crippen molar-refractivity contribution in [2.24, 2.45) is 0 Å². The number of halogens is 2. The zero-order valence-electron chi connectivity index (χ0n) is 12.2. The van der Waals surface area contributed by atoms with Gasteiger partial charge in [-0.25, -0.2) is 9.18 Å². The van der Waals surface area contributed by atoms with Gasteiger partial charge in [-0.3, -0.25) is 0 Å². The van der Waals surface area contributed by atoms with Crippen LogP contribution in [0.1, 0.15) is 5.56 Å². The normalized spacial score (nSPS) is 15.5. The number of aliphatic carboxylic acids is 1. The van der Waals surface area contributed by atoms with E-state index in [1.807, 2.05) is 24.3 Å². The molecule has 1 N–H and O–H groups in total. The summed E-state index contributed by atoms with van der Waals surface area (Å²) in [5.74, 6) is -1.40. The number of thioether (sulfide) groups is 1. The summed E-state index contributed by atoms with van der Waals surface area (Å²) >= 11 is 10.0. The van der Waals surface area contributed by atoms with Crippen LogP contribution in [-0.4, -0.2) is 16.1 Å². The Labute approximate surface area is 156 Å². The smallest absolute Gasteiger partial charge is 0.329 e. The van der Waals surface area contributed by atoms with Crippen molar-refractivity contribution in [1.29, 1.82) is 0 Å². The summed E-state index contributed by atoms with van der Waals surface area (Å²) in [7, 11) is 0. The number of anilines is 1. The molecule has 0 amide bonds. The first-order chi connectivity index (χ1) is 11.5. The lowest BCUT2D eigenvalue weighted by atomic mass is 10.1. The molecule has 0 atom stereocenters. The number of carbonyl (C=O) groups is 1. The average Bonchev–Trinajstić information content (AvgIpc) is 2.53. The molecule has 2 aromatic carbocycles. The van der Waals surface area contributed by atoms with Crippen molar-refractivity contribution in [2.45, 2.75) is 11.4 Å². The van der Waals surface area contributed by atoms with Gasteiger partial charge in [0.25, 0.3) is 0 Å². The van der Waals surface area contributed by atoms with Gasteiger partial charge in [-0.1, -0.05) is 58.1 Å². The molecule has 0 spiro atoms. The lowest BCUT2D eigenvalue weighted by Gasteiger charge is -2.32. The van der Waals surface area contributed by atoms with Crippen LogP contribution >= 0.6 is 39.9 Å². The largest absolute Gasteiger partial charge is 0.478 e. The maximum atomic E-state index is 14.2. The Hall–Kier alpha value is -1.70. The molecule has 0 bridgehead atoms. The molecule has 7 heteroatoms. The molecular weight excluding hydrogens is 413 g/mol. The highest BCUT2D eigenvalue weighted by Gasteiger charge is 2.27. The van der Waals surface area contributed by atoms with Crippen LogP contribution in [0.25, 0.3) is 0 Å². The van der Waals surface area contributed by atoms with Crippen molar-refractivity contribution < 1.29 is 14.3 Å². The van der Waals surface area contributed by atoms with Crippen LogP contribution in [0.15, 0.2) is 62.8 Å². The summed E-state index contributed by atoms with van der Waals surface area (Å²) in [4.78, 5) is 14.5. The maximum Gasteiger partial charge on any atom is 0.329 e. The molecule has 0 unspecified atom stereocenters. The molecule has 1 heterocycles. The molecule has 3 rings (SSSR count). The molecule has 122 valence electrons. The Bertz CT molecular complexity index is 869. The second-order valence-electron chi connectivity index (χ2n) is 5.04. The van der Waals surface area contributed by atoms with E-state index in [4.69, 9.17) is 17.3 Å². The van der Waals surface area contributed by atoms with Crippen LogP contribution in [0, 0.1) is 5.82 Å². The molecule has 1 aliphatic heterocycles. The van der Waals surface area contributed by atoms with Gasteiger partial charge in [-0.05, 0) is 24.3 Å². The summed E-state index contributed by atoms with van der Waals surface area (Å²) < 4.78 is 14.9. The number of carboxylic acids is 1. The second-order valence-corrected chi connectivity index (χ2v) is 7.43. The number of hydrogen-bond acceptors (Lipinski definition) is 3. The summed E-state index contributed by atoms with van der Waals surface area (Å²) in [5, 5.41) is 9.05. The average molecular weight is 424 g/mol. The highest BCUT2D eigenvalue weighted by atomic mass is 79.9. The number of fused-ring (bicyclic) bond motifs is 1. The van der Waals surface area contributed by atoms with Crippen LogP contribution in [0.2, 0.25) is 0 Å². The van der Waals surface area contributed by atoms with E-state index in [0.717, 1.165) is 16.7 Å². The van der Waals surface area contributed by atoms with E-state index in [2.05, 4.69) is 15.9 Å². The van der Waals surface area contributed by atoms with Gasteiger partial charge in [0.15, 0.2) is 0 Å². The molecule has 24 heavy (non-hydrogen) atoms. The van der Waals surface area contributed by atoms with E-state index in [1.54, 1.807) is 17.0 Å². The van der Waals surface area contributed by atoms with E-state index < -0.39 is 5.97 Å². The van der Waals surface area contributed by atoms with Gasteiger partial charge in [0.1, 0.15) is 10.8 Å². The highest BCUT2D eigenvalue weighted by molar-refractivity contribution is 9.10. The standard InChI is InChI=1S/C17H11BrFNO2S2/c18-11-6-5-10(12(19)7-11)9-20-13-3-1-2-4-14(13)24-15(17(20)23)8-16(21)22/h1-8H,9H2,(H,21,22). The monoisotopic (exact) mass is 423 g/mol. The fourth-order valence-electron chi connectivity index (χ4n) is 2.35. The van der Waals surface area contributed by atoms with Crippen LogP contribution in [-0.2, 0) is 11.3 Å². The van der Waals surface area contributed by atoms with Crippen molar-refractivity contribution in [3.63, 3.8) is 0 Å². The highest BCUT2D eigenvalue weighted by Crippen LogP contribution is 2.42. The van der Waals surface area contributed by atoms with Crippen molar-refractivity contribution in [3.8, 4) is 0 Å². The maximum absolute atomic E-state index is 14.2. The van der Waals surface area contributed by atoms with Gasteiger partial charge in [0.2, 0.25) is 0 Å². The lowest BCUT2D eigenvalue weighted by molar-refractivity contribution is -0.131. The quantitative estimate of drug-likeness (QED) is 0.555. The molecule has 0 fully saturated rings. The Morgan fingerprint density at radius 1 is 1.33 bits per heavy atom. The van der Waals surface area contributed by atoms with E-state index in [9.17, 15) is 9.18 Å². The third-order valence-electron chi connectivity index (χ3n) is 3.43. The molecule has 0 radical (unpaired) electrons. The topological polar surface area (TPSA) is 40.5 Å². The van der Waals surface area contributed by atoms with E-state index >= 15 is 0 Å². The van der Waals surface area contributed by atoms with Gasteiger partial charge in [-0.15, -0.1) is 0 Å². The van der Waals surface area contributed by atoms with Crippen LogP contribution in [0.4, 0.5) is 10.1 Å². The van der Waals surface area contributed by atoms with Gasteiger partial charge < -0.3 is 10.0 Å². The van der Waals surface area contributed by atoms with Gasteiger partial charge in [0, 0.05) is 21.0 Å². The van der Waals surface area contributed by atoms with E-state index in [1.165, 1.54) is 17.8 Å². The predicted molar refractivity (Wildman–Crippen MR) is 101 cm³/mol. The van der Waals surface area contributed by atoms with Crippen LogP contribution < -0.4 is 4.90 Å². The molecule has 0 saturated heterocycles. The Kier molecular flexibility index (Phi) is 5.03. The van der Waals surface area contributed by atoms with Crippen molar-refractivity contribution in [3.05, 3.63) is 69.3 Å². The Balaban J connectivity index is 2.04. The molecule has 0 saturated carbocycles. The second kappa shape index (κ2) is 7.04. The Morgan fingerprint density at radius 3 is 2.79 bits per heavy atom. The van der Waals surface area contributed by atoms with Crippen molar-refractivity contribution >= 4 is 56.6 Å². The van der Waals surface area contributed by atoms with Gasteiger partial charge >= 0.3 is 5.97 Å². The SMILES string of the molecule is O=C(O)C=C1Sc2ccccc2N(Cc2ccc(Br)cc2F)C1=S. The molecular formula is C17H11BrFNO2S2. The van der Waals surface area contributed by atoms with Crippen LogP contribution in [0.5, 0.6) is 0 Å². The third kappa shape index (κ3) is 3.53. The minimum Gasteiger partial charge on any atom is -0.478 e. The molecule has 0 aliphatic carbocycles. The Morgan fingerprint density at radius 2 is 2.08 bits per heavy atom. The minimum atomic E-state index is -1.06. The number of benzene rings is 2. The first-order valence-corrected chi connectivity index (χ1v) is 8.95. The number of para-hydroxylation sites is 1. The lowest BCUT2D eigenvalue weighted by Crippen LogP contribution is -2.33. The number of rotatable bonds is 3. The number of thiocarbonyl (C=S) groups is 1. The van der Waals surface area contributed by atoms with Crippen molar-refractivity contribution in [2.75, 3.05) is 4.90 Å². The fourth-order valence-corrected chi connectivity index (χ4v) is 4.06. The van der Waals surface area contributed by atoms with Crippen molar-refractivity contribution in [1.82, 2.24) is 0 Å². The number of carboxylic acid groups (broad SMARTS) is 1. The summed E-state index contributed by atoms with van der Waals surface area (Å²) in [5.41, 5.74) is 1.33. The third-order valence-corrected chi connectivity index (χ3v) is 5.59. The first kappa shape index (κ1) is 17.1. The zero-order chi connectivity index (χ0) is 17.3. The molecule has 0 aromatic heterocycles. The number of hydrogen-bond donors (Lipinski definition) is 1. The van der Waals surface area contributed by atoms with Gasteiger partial charge in [-0.2, -0.15) is 0 Å². The van der Waals surface area contributed by atoms with Crippen LogP contribution in [0.3, 0.4) is 0 Å². The van der Waals surface area contributed by atoms with E-state index in [-0.39, 0.29) is 12.4 Å². The van der Waals surface area contributed by atoms with Gasteiger partial charge in [0.05, 0.1) is 17.1 Å². The molecule has 1 aliphatic rings.